The van der Waals surface area contributed by atoms with E-state index in [4.69, 9.17) is 9.26 Å². The van der Waals surface area contributed by atoms with Gasteiger partial charge in [0.05, 0.1) is 12.2 Å². The molecule has 154 valence electrons. The molecule has 0 unspecified atom stereocenters. The summed E-state index contributed by atoms with van der Waals surface area (Å²) in [5.41, 5.74) is 1.17. The summed E-state index contributed by atoms with van der Waals surface area (Å²) in [7, 11) is 0. The molecule has 5 heteroatoms. The topological polar surface area (TPSA) is 55.6 Å². The van der Waals surface area contributed by atoms with Gasteiger partial charge >= 0.3 is 0 Å². The van der Waals surface area contributed by atoms with Crippen molar-refractivity contribution in [1.29, 1.82) is 0 Å². The van der Waals surface area contributed by atoms with Gasteiger partial charge in [-0.25, -0.2) is 0 Å². The zero-order valence-corrected chi connectivity index (χ0v) is 17.9. The van der Waals surface area contributed by atoms with Crippen LogP contribution in [0, 0.1) is 11.8 Å². The molecular weight excluding hydrogens is 352 g/mol. The number of carbonyl (C=O) groups is 1. The molecule has 5 nitrogen and oxygen atoms in total. The summed E-state index contributed by atoms with van der Waals surface area (Å²) in [4.78, 5) is 14.8. The predicted molar refractivity (Wildman–Crippen MR) is 113 cm³/mol. The zero-order chi connectivity index (χ0) is 20.5. The standard InChI is InChI=1S/C23H34N2O3/c1-6-7-10-13-27-21-12-9-8-11-19(21)22-14-20(24-28-22)23(26)25(15-17(2)3)16-18(4)5/h8-9,11-12,14,17-18H,6-7,10,13,15-16H2,1-5H3. The molecule has 0 radical (unpaired) electrons. The Labute approximate surface area is 169 Å². The van der Waals surface area contributed by atoms with Gasteiger partial charge in [0.1, 0.15) is 5.75 Å². The molecular formula is C23H34N2O3. The SMILES string of the molecule is CCCCCOc1ccccc1-c1cc(C(=O)N(CC(C)C)CC(C)C)no1. The highest BCUT2D eigenvalue weighted by molar-refractivity contribution is 5.93. The van der Waals surface area contributed by atoms with E-state index < -0.39 is 0 Å². The normalized spacial score (nSPS) is 11.2. The largest absolute Gasteiger partial charge is 0.493 e. The van der Waals surface area contributed by atoms with Crippen molar-refractivity contribution in [3.8, 4) is 17.1 Å². The van der Waals surface area contributed by atoms with E-state index in [2.05, 4.69) is 39.8 Å². The molecule has 0 saturated carbocycles. The average Bonchev–Trinajstić information content (AvgIpc) is 3.13. The fourth-order valence-electron chi connectivity index (χ4n) is 3.12. The number of para-hydroxylation sites is 1. The van der Waals surface area contributed by atoms with Crippen LogP contribution in [0.15, 0.2) is 34.9 Å². The molecule has 1 heterocycles. The molecule has 1 aromatic heterocycles. The summed E-state index contributed by atoms with van der Waals surface area (Å²) in [6, 6.07) is 9.46. The van der Waals surface area contributed by atoms with Crippen molar-refractivity contribution in [3.05, 3.63) is 36.0 Å². The molecule has 0 saturated heterocycles. The summed E-state index contributed by atoms with van der Waals surface area (Å²) in [6.07, 6.45) is 3.32. The highest BCUT2D eigenvalue weighted by Gasteiger charge is 2.22. The van der Waals surface area contributed by atoms with Gasteiger partial charge in [-0.3, -0.25) is 4.79 Å². The highest BCUT2D eigenvalue weighted by atomic mass is 16.5. The minimum absolute atomic E-state index is 0.0845. The first kappa shape index (κ1) is 22.0. The number of amides is 1. The van der Waals surface area contributed by atoms with Gasteiger partial charge < -0.3 is 14.2 Å². The Kier molecular flexibility index (Phi) is 8.55. The maximum atomic E-state index is 13.0. The molecule has 28 heavy (non-hydrogen) atoms. The minimum Gasteiger partial charge on any atom is -0.493 e. The van der Waals surface area contributed by atoms with Gasteiger partial charge in [0.25, 0.3) is 5.91 Å². The van der Waals surface area contributed by atoms with Gasteiger partial charge in [0.2, 0.25) is 0 Å². The van der Waals surface area contributed by atoms with E-state index >= 15 is 0 Å². The van der Waals surface area contributed by atoms with Crippen LogP contribution in [0.25, 0.3) is 11.3 Å². The molecule has 0 aliphatic rings. The summed E-state index contributed by atoms with van der Waals surface area (Å²) in [5.74, 6) is 2.02. The second-order valence-corrected chi connectivity index (χ2v) is 8.13. The number of rotatable bonds is 11. The van der Waals surface area contributed by atoms with E-state index in [1.807, 2.05) is 29.2 Å². The van der Waals surface area contributed by atoms with E-state index in [0.717, 1.165) is 30.6 Å². The Hall–Kier alpha value is -2.30. The lowest BCUT2D eigenvalue weighted by Crippen LogP contribution is -2.37. The number of benzene rings is 1. The Morgan fingerprint density at radius 3 is 2.43 bits per heavy atom. The van der Waals surface area contributed by atoms with Crippen LogP contribution in [0.2, 0.25) is 0 Å². The highest BCUT2D eigenvalue weighted by Crippen LogP contribution is 2.30. The first-order chi connectivity index (χ1) is 13.4. The second kappa shape index (κ2) is 10.9. The van der Waals surface area contributed by atoms with E-state index in [0.29, 0.717) is 43.0 Å². The molecule has 1 amide bonds. The molecule has 1 aromatic carbocycles. The minimum atomic E-state index is -0.0845. The van der Waals surface area contributed by atoms with Crippen molar-refractivity contribution in [2.75, 3.05) is 19.7 Å². The molecule has 0 N–H and O–H groups in total. The Morgan fingerprint density at radius 1 is 1.11 bits per heavy atom. The van der Waals surface area contributed by atoms with Crippen LogP contribution in [0.3, 0.4) is 0 Å². The molecule has 2 rings (SSSR count). The van der Waals surface area contributed by atoms with Crippen LogP contribution in [-0.2, 0) is 0 Å². The lowest BCUT2D eigenvalue weighted by atomic mass is 10.1. The lowest BCUT2D eigenvalue weighted by Gasteiger charge is -2.25. The third kappa shape index (κ3) is 6.39. The van der Waals surface area contributed by atoms with Gasteiger partial charge in [-0.1, -0.05) is 64.7 Å². The van der Waals surface area contributed by atoms with Crippen LogP contribution in [0.1, 0.15) is 64.4 Å². The van der Waals surface area contributed by atoms with Gasteiger partial charge in [-0.15, -0.1) is 0 Å². The smallest absolute Gasteiger partial charge is 0.276 e. The lowest BCUT2D eigenvalue weighted by molar-refractivity contribution is 0.0704. The molecule has 0 fully saturated rings. The van der Waals surface area contributed by atoms with Gasteiger partial charge in [0, 0.05) is 19.2 Å². The monoisotopic (exact) mass is 386 g/mol. The van der Waals surface area contributed by atoms with Crippen molar-refractivity contribution in [3.63, 3.8) is 0 Å². The van der Waals surface area contributed by atoms with Crippen molar-refractivity contribution < 1.29 is 14.1 Å². The van der Waals surface area contributed by atoms with Crippen molar-refractivity contribution in [2.45, 2.75) is 53.9 Å². The van der Waals surface area contributed by atoms with Crippen LogP contribution in [0.4, 0.5) is 0 Å². The second-order valence-electron chi connectivity index (χ2n) is 8.13. The number of aromatic nitrogens is 1. The van der Waals surface area contributed by atoms with Crippen LogP contribution < -0.4 is 4.74 Å². The third-order valence-corrected chi connectivity index (χ3v) is 4.35. The zero-order valence-electron chi connectivity index (χ0n) is 17.9. The summed E-state index contributed by atoms with van der Waals surface area (Å²) in [5, 5.41) is 4.06. The van der Waals surface area contributed by atoms with Crippen LogP contribution in [-0.4, -0.2) is 35.7 Å². The Morgan fingerprint density at radius 2 is 1.79 bits per heavy atom. The van der Waals surface area contributed by atoms with Crippen LogP contribution in [0.5, 0.6) is 5.75 Å². The molecule has 0 aliphatic heterocycles. The number of unbranched alkanes of at least 4 members (excludes halogenated alkanes) is 2. The average molecular weight is 387 g/mol. The maximum absolute atomic E-state index is 13.0. The molecule has 0 bridgehead atoms. The fraction of sp³-hybridized carbons (Fsp3) is 0.565. The van der Waals surface area contributed by atoms with E-state index in [-0.39, 0.29) is 5.91 Å². The number of carbonyl (C=O) groups excluding carboxylic acids is 1. The van der Waals surface area contributed by atoms with E-state index in [9.17, 15) is 4.79 Å². The Bertz CT molecular complexity index is 727. The van der Waals surface area contributed by atoms with E-state index in [1.165, 1.54) is 0 Å². The van der Waals surface area contributed by atoms with Gasteiger partial charge in [-0.05, 0) is 30.4 Å². The number of hydrogen-bond acceptors (Lipinski definition) is 4. The van der Waals surface area contributed by atoms with Gasteiger partial charge in [-0.2, -0.15) is 0 Å². The number of ether oxygens (including phenoxy) is 1. The number of nitrogens with zero attached hydrogens (tertiary/aromatic N) is 2. The molecule has 0 spiro atoms. The maximum Gasteiger partial charge on any atom is 0.276 e. The van der Waals surface area contributed by atoms with Crippen LogP contribution >= 0.6 is 0 Å². The Balaban J connectivity index is 2.17. The summed E-state index contributed by atoms with van der Waals surface area (Å²) in [6.45, 7) is 12.7. The molecule has 2 aromatic rings. The first-order valence-electron chi connectivity index (χ1n) is 10.4. The summed E-state index contributed by atoms with van der Waals surface area (Å²) >= 11 is 0. The van der Waals surface area contributed by atoms with Crippen molar-refractivity contribution >= 4 is 5.91 Å². The quantitative estimate of drug-likeness (QED) is 0.467. The predicted octanol–water partition coefficient (Wildman–Crippen LogP) is 5.66. The fourth-order valence-corrected chi connectivity index (χ4v) is 3.12. The summed E-state index contributed by atoms with van der Waals surface area (Å²) < 4.78 is 11.5. The first-order valence-corrected chi connectivity index (χ1v) is 10.4. The molecule has 0 atom stereocenters. The van der Waals surface area contributed by atoms with Gasteiger partial charge in [0.15, 0.2) is 11.5 Å². The number of hydrogen-bond donors (Lipinski definition) is 0. The van der Waals surface area contributed by atoms with E-state index in [1.54, 1.807) is 6.07 Å². The molecule has 0 aliphatic carbocycles. The van der Waals surface area contributed by atoms with Crippen molar-refractivity contribution in [1.82, 2.24) is 10.1 Å². The van der Waals surface area contributed by atoms with Crippen molar-refractivity contribution in [2.24, 2.45) is 11.8 Å². The third-order valence-electron chi connectivity index (χ3n) is 4.35.